The van der Waals surface area contributed by atoms with Gasteiger partial charge in [-0.3, -0.25) is 14.5 Å². The van der Waals surface area contributed by atoms with Crippen LogP contribution in [0.3, 0.4) is 0 Å². The van der Waals surface area contributed by atoms with Crippen LogP contribution in [0.15, 0.2) is 28.7 Å². The van der Waals surface area contributed by atoms with E-state index in [2.05, 4.69) is 33.0 Å². The summed E-state index contributed by atoms with van der Waals surface area (Å²) >= 11 is 3.50. The van der Waals surface area contributed by atoms with Gasteiger partial charge in [0.15, 0.2) is 0 Å². The van der Waals surface area contributed by atoms with Crippen molar-refractivity contribution in [3.8, 4) is 0 Å². The fourth-order valence-corrected chi connectivity index (χ4v) is 5.23. The number of piperazine rings is 1. The zero-order valence-electron chi connectivity index (χ0n) is 17.7. The minimum Gasteiger partial charge on any atom is -0.381 e. The molecule has 164 valence electrons. The van der Waals surface area contributed by atoms with Crippen LogP contribution in [0.2, 0.25) is 0 Å². The van der Waals surface area contributed by atoms with Crippen molar-refractivity contribution >= 4 is 27.7 Å². The van der Waals surface area contributed by atoms with Crippen molar-refractivity contribution in [2.45, 2.75) is 37.5 Å². The molecule has 0 spiro atoms. The summed E-state index contributed by atoms with van der Waals surface area (Å²) in [5.41, 5.74) is 0.590. The third-order valence-corrected chi connectivity index (χ3v) is 7.41. The summed E-state index contributed by atoms with van der Waals surface area (Å²) in [5.74, 6) is 0.459. The predicted octanol–water partition coefficient (Wildman–Crippen LogP) is 2.65. The average molecular weight is 478 g/mol. The number of ether oxygens (including phenoxy) is 1. The van der Waals surface area contributed by atoms with Crippen molar-refractivity contribution in [3.05, 3.63) is 34.3 Å². The Balaban J connectivity index is 1.38. The molecule has 0 saturated carbocycles. The van der Waals surface area contributed by atoms with Gasteiger partial charge in [0.1, 0.15) is 0 Å². The molecule has 0 unspecified atom stereocenters. The molecule has 3 fully saturated rings. The number of piperidine rings is 1. The Morgan fingerprint density at radius 3 is 2.13 bits per heavy atom. The molecule has 3 saturated heterocycles. The van der Waals surface area contributed by atoms with Gasteiger partial charge in [-0.05, 0) is 49.8 Å². The number of hydrogen-bond donors (Lipinski definition) is 0. The Morgan fingerprint density at radius 2 is 1.50 bits per heavy atom. The average Bonchev–Trinajstić information content (AvgIpc) is 2.80. The molecule has 3 aliphatic heterocycles. The number of halogens is 1. The van der Waals surface area contributed by atoms with Crippen LogP contribution in [0.1, 0.15) is 37.7 Å². The molecule has 6 nitrogen and oxygen atoms in total. The van der Waals surface area contributed by atoms with E-state index in [0.29, 0.717) is 32.8 Å². The van der Waals surface area contributed by atoms with Gasteiger partial charge >= 0.3 is 0 Å². The molecule has 0 bridgehead atoms. The predicted molar refractivity (Wildman–Crippen MR) is 119 cm³/mol. The van der Waals surface area contributed by atoms with Crippen molar-refractivity contribution in [1.29, 1.82) is 0 Å². The van der Waals surface area contributed by atoms with Crippen LogP contribution in [-0.4, -0.2) is 85.5 Å². The van der Waals surface area contributed by atoms with E-state index in [4.69, 9.17) is 4.74 Å². The number of benzene rings is 1. The Bertz CT molecular complexity index is 735. The highest BCUT2D eigenvalue weighted by Gasteiger charge is 2.44. The zero-order valence-corrected chi connectivity index (χ0v) is 19.2. The van der Waals surface area contributed by atoms with Crippen LogP contribution in [0.25, 0.3) is 0 Å². The van der Waals surface area contributed by atoms with Crippen LogP contribution in [0.4, 0.5) is 0 Å². The molecule has 3 heterocycles. The van der Waals surface area contributed by atoms with E-state index in [1.165, 1.54) is 6.42 Å². The summed E-state index contributed by atoms with van der Waals surface area (Å²) in [6.45, 7) is 6.41. The van der Waals surface area contributed by atoms with Crippen molar-refractivity contribution in [2.24, 2.45) is 0 Å². The van der Waals surface area contributed by atoms with Crippen molar-refractivity contribution in [1.82, 2.24) is 14.7 Å². The summed E-state index contributed by atoms with van der Waals surface area (Å²) in [6, 6.07) is 8.18. The summed E-state index contributed by atoms with van der Waals surface area (Å²) in [4.78, 5) is 32.5. The summed E-state index contributed by atoms with van der Waals surface area (Å²) in [6.07, 6.45) is 4.92. The van der Waals surface area contributed by atoms with Crippen molar-refractivity contribution in [3.63, 3.8) is 0 Å². The van der Waals surface area contributed by atoms with E-state index in [1.54, 1.807) is 0 Å². The summed E-state index contributed by atoms with van der Waals surface area (Å²) in [5, 5.41) is 0. The maximum atomic E-state index is 13.7. The number of carbonyl (C=O) groups is 2. The van der Waals surface area contributed by atoms with Crippen LogP contribution >= 0.6 is 15.9 Å². The zero-order chi connectivity index (χ0) is 21.0. The monoisotopic (exact) mass is 477 g/mol. The standard InChI is InChI=1S/C23H32BrN3O3/c24-20-6-4-19(5-7-20)23(8-16-30-17-9-23)22(29)27-14-12-25(13-15-27)18-21(28)26-10-2-1-3-11-26/h4-7H,1-3,8-18H2. The first-order valence-electron chi connectivity index (χ1n) is 11.2. The lowest BCUT2D eigenvalue weighted by atomic mass is 9.73. The fraction of sp³-hybridized carbons (Fsp3) is 0.652. The molecule has 0 aromatic heterocycles. The molecule has 0 N–H and O–H groups in total. The minimum atomic E-state index is -0.495. The van der Waals surface area contributed by atoms with Gasteiger partial charge in [0.2, 0.25) is 11.8 Å². The van der Waals surface area contributed by atoms with Crippen LogP contribution in [-0.2, 0) is 19.7 Å². The molecule has 0 atom stereocenters. The van der Waals surface area contributed by atoms with Gasteiger partial charge in [-0.25, -0.2) is 0 Å². The first kappa shape index (κ1) is 21.8. The van der Waals surface area contributed by atoms with Gasteiger partial charge in [0.25, 0.3) is 0 Å². The van der Waals surface area contributed by atoms with Gasteiger partial charge in [0, 0.05) is 57.0 Å². The van der Waals surface area contributed by atoms with E-state index in [9.17, 15) is 9.59 Å². The van der Waals surface area contributed by atoms with Gasteiger partial charge in [-0.1, -0.05) is 28.1 Å². The molecule has 2 amide bonds. The molecule has 4 rings (SSSR count). The second-order valence-electron chi connectivity index (χ2n) is 8.71. The van der Waals surface area contributed by atoms with Gasteiger partial charge < -0.3 is 14.5 Å². The fourth-order valence-electron chi connectivity index (χ4n) is 4.96. The molecule has 30 heavy (non-hydrogen) atoms. The lowest BCUT2D eigenvalue weighted by molar-refractivity contribution is -0.143. The Kier molecular flexibility index (Phi) is 7.11. The molecule has 1 aromatic carbocycles. The number of likely N-dealkylation sites (tertiary alicyclic amines) is 1. The number of nitrogens with zero attached hydrogens (tertiary/aromatic N) is 3. The molecule has 7 heteroatoms. The summed E-state index contributed by atoms with van der Waals surface area (Å²) < 4.78 is 6.62. The topological polar surface area (TPSA) is 53.1 Å². The largest absolute Gasteiger partial charge is 0.381 e. The van der Waals surface area contributed by atoms with Gasteiger partial charge in [-0.2, -0.15) is 0 Å². The second kappa shape index (κ2) is 9.79. The normalized spacial score (nSPS) is 22.7. The quantitative estimate of drug-likeness (QED) is 0.668. The maximum Gasteiger partial charge on any atom is 0.236 e. The molecular weight excluding hydrogens is 446 g/mol. The highest BCUT2D eigenvalue weighted by molar-refractivity contribution is 9.10. The molecule has 0 radical (unpaired) electrons. The Labute approximate surface area is 187 Å². The molecule has 0 aliphatic carbocycles. The molecular formula is C23H32BrN3O3. The third kappa shape index (κ3) is 4.73. The Morgan fingerprint density at radius 1 is 0.867 bits per heavy atom. The van der Waals surface area contributed by atoms with Gasteiger partial charge in [0.05, 0.1) is 12.0 Å². The third-order valence-electron chi connectivity index (χ3n) is 6.88. The van der Waals surface area contributed by atoms with Crippen molar-refractivity contribution < 1.29 is 14.3 Å². The Hall–Kier alpha value is -1.44. The maximum absolute atomic E-state index is 13.7. The van der Waals surface area contributed by atoms with Gasteiger partial charge in [-0.15, -0.1) is 0 Å². The lowest BCUT2D eigenvalue weighted by Crippen LogP contribution is -2.57. The molecule has 3 aliphatic rings. The minimum absolute atomic E-state index is 0.218. The van der Waals surface area contributed by atoms with Crippen LogP contribution < -0.4 is 0 Å². The highest BCUT2D eigenvalue weighted by atomic mass is 79.9. The van der Waals surface area contributed by atoms with E-state index in [0.717, 1.165) is 61.9 Å². The number of hydrogen-bond acceptors (Lipinski definition) is 4. The molecule has 1 aromatic rings. The first-order chi connectivity index (χ1) is 14.6. The van der Waals surface area contributed by atoms with E-state index in [1.807, 2.05) is 21.9 Å². The van der Waals surface area contributed by atoms with Crippen LogP contribution in [0.5, 0.6) is 0 Å². The van der Waals surface area contributed by atoms with E-state index < -0.39 is 5.41 Å². The highest BCUT2D eigenvalue weighted by Crippen LogP contribution is 2.37. The number of carbonyl (C=O) groups excluding carboxylic acids is 2. The number of amides is 2. The second-order valence-corrected chi connectivity index (χ2v) is 9.63. The lowest BCUT2D eigenvalue weighted by Gasteiger charge is -2.43. The van der Waals surface area contributed by atoms with Crippen molar-refractivity contribution in [2.75, 3.05) is 59.0 Å². The SMILES string of the molecule is O=C(CN1CCN(C(=O)C2(c3ccc(Br)cc3)CCOCC2)CC1)N1CCCCC1. The van der Waals surface area contributed by atoms with E-state index in [-0.39, 0.29) is 11.8 Å². The smallest absolute Gasteiger partial charge is 0.236 e. The number of rotatable bonds is 4. The van der Waals surface area contributed by atoms with Crippen LogP contribution in [0, 0.1) is 0 Å². The summed E-state index contributed by atoms with van der Waals surface area (Å²) in [7, 11) is 0. The first-order valence-corrected chi connectivity index (χ1v) is 12.0. The van der Waals surface area contributed by atoms with E-state index >= 15 is 0 Å².